The number of hydrogen-bond donors (Lipinski definition) is 1. The molecule has 0 spiro atoms. The summed E-state index contributed by atoms with van der Waals surface area (Å²) in [5.74, 6) is 1.60. The van der Waals surface area contributed by atoms with Gasteiger partial charge in [-0.2, -0.15) is 0 Å². The molecule has 2 aliphatic rings. The Bertz CT molecular complexity index is 460. The molecule has 0 fully saturated rings. The fraction of sp³-hybridized carbons (Fsp3) is 0.647. The fourth-order valence-electron chi connectivity index (χ4n) is 3.85. The molecule has 0 aliphatic heterocycles. The summed E-state index contributed by atoms with van der Waals surface area (Å²) in [5.41, 5.74) is 3.18. The van der Waals surface area contributed by atoms with E-state index in [2.05, 4.69) is 36.7 Å². The first-order valence-corrected chi connectivity index (χ1v) is 8.57. The summed E-state index contributed by atoms with van der Waals surface area (Å²) in [6.45, 7) is 5.84. The van der Waals surface area contributed by atoms with E-state index < -0.39 is 0 Å². The number of hydrogen-bond acceptors (Lipinski definition) is 2. The maximum atomic E-state index is 3.85. The third-order valence-corrected chi connectivity index (χ3v) is 5.59. The topological polar surface area (TPSA) is 12.0 Å². The van der Waals surface area contributed by atoms with Gasteiger partial charge in [-0.05, 0) is 74.4 Å². The highest BCUT2D eigenvalue weighted by atomic mass is 32.1. The minimum absolute atomic E-state index is 0.622. The maximum absolute atomic E-state index is 3.85. The second kappa shape index (κ2) is 5.80. The van der Waals surface area contributed by atoms with Gasteiger partial charge in [0.25, 0.3) is 0 Å². The zero-order valence-electron chi connectivity index (χ0n) is 12.1. The largest absolute Gasteiger partial charge is 0.310 e. The SMILES string of the molecule is CC1=CC(C)CC(CNC2CCCc3sccc32)C1. The van der Waals surface area contributed by atoms with Crippen molar-refractivity contribution in [2.45, 2.75) is 52.0 Å². The van der Waals surface area contributed by atoms with Gasteiger partial charge in [0.15, 0.2) is 0 Å². The highest BCUT2D eigenvalue weighted by Gasteiger charge is 2.23. The first-order valence-electron chi connectivity index (χ1n) is 7.69. The van der Waals surface area contributed by atoms with E-state index in [-0.39, 0.29) is 0 Å². The Labute approximate surface area is 121 Å². The molecule has 0 saturated carbocycles. The van der Waals surface area contributed by atoms with Crippen LogP contribution < -0.4 is 5.32 Å². The molecule has 1 aromatic rings. The molecular formula is C17H25NS. The molecule has 19 heavy (non-hydrogen) atoms. The van der Waals surface area contributed by atoms with Gasteiger partial charge in [-0.25, -0.2) is 0 Å². The summed E-state index contributed by atoms with van der Waals surface area (Å²) in [4.78, 5) is 1.62. The van der Waals surface area contributed by atoms with Crippen LogP contribution in [-0.4, -0.2) is 6.54 Å². The zero-order chi connectivity index (χ0) is 13.2. The second-order valence-electron chi connectivity index (χ2n) is 6.45. The van der Waals surface area contributed by atoms with Crippen molar-refractivity contribution in [2.75, 3.05) is 6.54 Å². The van der Waals surface area contributed by atoms with Gasteiger partial charge >= 0.3 is 0 Å². The standard InChI is InChI=1S/C17H25NS/c1-12-8-13(2)10-14(9-12)11-18-16-4-3-5-17-15(16)6-7-19-17/h6-8,12,14,16,18H,3-5,9-11H2,1-2H3. The molecule has 0 saturated heterocycles. The zero-order valence-corrected chi connectivity index (χ0v) is 12.9. The molecule has 1 N–H and O–H groups in total. The quantitative estimate of drug-likeness (QED) is 0.788. The number of allylic oxidation sites excluding steroid dienone is 2. The minimum atomic E-state index is 0.622. The van der Waals surface area contributed by atoms with Gasteiger partial charge in [0.05, 0.1) is 0 Å². The lowest BCUT2D eigenvalue weighted by atomic mass is 9.83. The molecule has 0 aromatic carbocycles. The van der Waals surface area contributed by atoms with Gasteiger partial charge in [0, 0.05) is 10.9 Å². The third kappa shape index (κ3) is 3.11. The van der Waals surface area contributed by atoms with Crippen molar-refractivity contribution in [3.63, 3.8) is 0 Å². The van der Waals surface area contributed by atoms with E-state index in [1.807, 2.05) is 11.3 Å². The summed E-state index contributed by atoms with van der Waals surface area (Å²) in [7, 11) is 0. The van der Waals surface area contributed by atoms with Crippen LogP contribution in [-0.2, 0) is 6.42 Å². The minimum Gasteiger partial charge on any atom is -0.310 e. The first-order chi connectivity index (χ1) is 9.22. The van der Waals surface area contributed by atoms with Gasteiger partial charge < -0.3 is 5.32 Å². The van der Waals surface area contributed by atoms with Crippen molar-refractivity contribution in [2.24, 2.45) is 11.8 Å². The number of thiophene rings is 1. The van der Waals surface area contributed by atoms with Gasteiger partial charge in [0.1, 0.15) is 0 Å². The lowest BCUT2D eigenvalue weighted by molar-refractivity contribution is 0.349. The molecule has 1 aromatic heterocycles. The van der Waals surface area contributed by atoms with E-state index in [1.165, 1.54) is 38.6 Å². The van der Waals surface area contributed by atoms with E-state index in [9.17, 15) is 0 Å². The molecule has 2 aliphatic carbocycles. The fourth-order valence-corrected chi connectivity index (χ4v) is 4.84. The van der Waals surface area contributed by atoms with Crippen molar-refractivity contribution >= 4 is 11.3 Å². The van der Waals surface area contributed by atoms with E-state index in [0.29, 0.717) is 6.04 Å². The lowest BCUT2D eigenvalue weighted by Crippen LogP contribution is -2.31. The second-order valence-corrected chi connectivity index (χ2v) is 7.45. The normalized spacial score (nSPS) is 30.8. The van der Waals surface area contributed by atoms with E-state index in [1.54, 1.807) is 16.0 Å². The van der Waals surface area contributed by atoms with Crippen molar-refractivity contribution < 1.29 is 0 Å². The Morgan fingerprint density at radius 2 is 2.32 bits per heavy atom. The Morgan fingerprint density at radius 1 is 1.42 bits per heavy atom. The molecule has 104 valence electrons. The molecular weight excluding hydrogens is 250 g/mol. The van der Waals surface area contributed by atoms with Crippen molar-refractivity contribution in [3.05, 3.63) is 33.5 Å². The van der Waals surface area contributed by atoms with Crippen molar-refractivity contribution in [3.8, 4) is 0 Å². The number of rotatable bonds is 3. The Balaban J connectivity index is 1.58. The number of nitrogens with one attached hydrogen (secondary N) is 1. The first kappa shape index (κ1) is 13.4. The van der Waals surface area contributed by atoms with Crippen LogP contribution in [0.5, 0.6) is 0 Å². The predicted octanol–water partition coefficient (Wildman–Crippen LogP) is 4.71. The van der Waals surface area contributed by atoms with Crippen LogP contribution in [0.2, 0.25) is 0 Å². The van der Waals surface area contributed by atoms with Gasteiger partial charge in [0.2, 0.25) is 0 Å². The highest BCUT2D eigenvalue weighted by Crippen LogP contribution is 2.34. The van der Waals surface area contributed by atoms with Crippen LogP contribution in [0.4, 0.5) is 0 Å². The number of fused-ring (bicyclic) bond motifs is 1. The Hall–Kier alpha value is -0.600. The summed E-state index contributed by atoms with van der Waals surface area (Å²) in [6.07, 6.45) is 9.07. The average Bonchev–Trinajstić information content (AvgIpc) is 2.83. The van der Waals surface area contributed by atoms with Crippen molar-refractivity contribution in [1.29, 1.82) is 0 Å². The molecule has 3 unspecified atom stereocenters. The van der Waals surface area contributed by atoms with Crippen LogP contribution in [0, 0.1) is 11.8 Å². The molecule has 2 heteroatoms. The molecule has 3 rings (SSSR count). The van der Waals surface area contributed by atoms with Crippen LogP contribution in [0.1, 0.15) is 56.0 Å². The molecule has 1 nitrogen and oxygen atoms in total. The van der Waals surface area contributed by atoms with Gasteiger partial charge in [-0.3, -0.25) is 0 Å². The van der Waals surface area contributed by atoms with E-state index in [0.717, 1.165) is 11.8 Å². The molecule has 0 bridgehead atoms. The monoisotopic (exact) mass is 275 g/mol. The average molecular weight is 275 g/mol. The predicted molar refractivity (Wildman–Crippen MR) is 83.6 cm³/mol. The third-order valence-electron chi connectivity index (χ3n) is 4.59. The summed E-state index contributed by atoms with van der Waals surface area (Å²) < 4.78 is 0. The van der Waals surface area contributed by atoms with Gasteiger partial charge in [-0.15, -0.1) is 11.3 Å². The lowest BCUT2D eigenvalue weighted by Gasteiger charge is -2.29. The summed E-state index contributed by atoms with van der Waals surface area (Å²) in [5, 5.41) is 6.12. The van der Waals surface area contributed by atoms with Crippen LogP contribution in [0.15, 0.2) is 23.1 Å². The Kier molecular flexibility index (Phi) is 4.09. The molecule has 1 heterocycles. The molecule has 3 atom stereocenters. The number of aryl methyl sites for hydroxylation is 1. The molecule has 0 amide bonds. The summed E-state index contributed by atoms with van der Waals surface area (Å²) >= 11 is 1.94. The smallest absolute Gasteiger partial charge is 0.0331 e. The van der Waals surface area contributed by atoms with Crippen molar-refractivity contribution in [1.82, 2.24) is 5.32 Å². The van der Waals surface area contributed by atoms with Crippen LogP contribution >= 0.6 is 11.3 Å². The summed E-state index contributed by atoms with van der Waals surface area (Å²) in [6, 6.07) is 2.96. The van der Waals surface area contributed by atoms with Crippen LogP contribution in [0.25, 0.3) is 0 Å². The van der Waals surface area contributed by atoms with Gasteiger partial charge in [-0.1, -0.05) is 18.6 Å². The maximum Gasteiger partial charge on any atom is 0.0331 e. The molecule has 0 radical (unpaired) electrons. The van der Waals surface area contributed by atoms with E-state index >= 15 is 0 Å². The van der Waals surface area contributed by atoms with E-state index in [4.69, 9.17) is 0 Å². The Morgan fingerprint density at radius 3 is 3.16 bits per heavy atom. The highest BCUT2D eigenvalue weighted by molar-refractivity contribution is 7.10. The van der Waals surface area contributed by atoms with Crippen LogP contribution in [0.3, 0.4) is 0 Å².